The molecule has 1 saturated heterocycles. The van der Waals surface area contributed by atoms with Crippen LogP contribution in [-0.4, -0.2) is 76.8 Å². The van der Waals surface area contributed by atoms with Crippen molar-refractivity contribution in [1.29, 1.82) is 0 Å². The van der Waals surface area contributed by atoms with E-state index in [2.05, 4.69) is 0 Å². The number of nitro groups is 1. The first-order valence-electron chi connectivity index (χ1n) is 9.19. The number of carbonyl (C=O) groups excluding carboxylic acids is 1. The molecule has 0 radical (unpaired) electrons. The van der Waals surface area contributed by atoms with Crippen molar-refractivity contribution in [2.45, 2.75) is 4.90 Å². The highest BCUT2D eigenvalue weighted by molar-refractivity contribution is 7.89. The molecule has 0 aliphatic carbocycles. The van der Waals surface area contributed by atoms with Crippen molar-refractivity contribution >= 4 is 33.6 Å². The van der Waals surface area contributed by atoms with E-state index in [1.54, 1.807) is 0 Å². The number of hydrogen-bond donors (Lipinski definition) is 2. The van der Waals surface area contributed by atoms with E-state index in [0.29, 0.717) is 0 Å². The number of nitrogens with zero attached hydrogens (tertiary/aromatic N) is 3. The topological polar surface area (TPSA) is 175 Å². The van der Waals surface area contributed by atoms with Crippen molar-refractivity contribution in [2.24, 2.45) is 0 Å². The number of amides is 1. The Bertz CT molecular complexity index is 1150. The number of non-ortho nitro benzene ring substituents is 1. The number of carboxylic acids is 2. The van der Waals surface area contributed by atoms with Crippen LogP contribution in [0, 0.1) is 15.9 Å². The molecule has 176 valence electrons. The summed E-state index contributed by atoms with van der Waals surface area (Å²) in [6.45, 7) is 0.477. The van der Waals surface area contributed by atoms with Crippen LogP contribution in [0.1, 0.15) is 10.4 Å². The predicted octanol–water partition coefficient (Wildman–Crippen LogP) is 1.04. The zero-order chi connectivity index (χ0) is 24.8. The molecule has 1 amide bonds. The second-order valence-electron chi connectivity index (χ2n) is 6.57. The zero-order valence-corrected chi connectivity index (χ0v) is 17.6. The van der Waals surface area contributed by atoms with Gasteiger partial charge >= 0.3 is 11.9 Å². The molecule has 14 heteroatoms. The van der Waals surface area contributed by atoms with Crippen LogP contribution in [0.25, 0.3) is 0 Å². The Labute approximate surface area is 186 Å². The molecule has 0 aromatic heterocycles. The predicted molar refractivity (Wildman–Crippen MR) is 109 cm³/mol. The average molecular weight is 483 g/mol. The minimum Gasteiger partial charge on any atom is -0.473 e. The van der Waals surface area contributed by atoms with Crippen LogP contribution in [0.4, 0.5) is 10.1 Å². The SMILES string of the molecule is O=C(O)C(=O)O.O=C(c1cccc([N+](=O)[O-])c1)N1CCN(S(=O)(=O)c2ccc(F)cc2)CC1. The molecule has 2 N–H and O–H groups in total. The van der Waals surface area contributed by atoms with Gasteiger partial charge in [-0.15, -0.1) is 0 Å². The lowest BCUT2D eigenvalue weighted by Gasteiger charge is -2.34. The molecule has 33 heavy (non-hydrogen) atoms. The quantitative estimate of drug-likeness (QED) is 0.365. The van der Waals surface area contributed by atoms with Gasteiger partial charge in [-0.2, -0.15) is 4.31 Å². The largest absolute Gasteiger partial charge is 0.473 e. The summed E-state index contributed by atoms with van der Waals surface area (Å²) in [6, 6.07) is 9.96. The van der Waals surface area contributed by atoms with Gasteiger partial charge in [0.15, 0.2) is 0 Å². The molecule has 12 nitrogen and oxygen atoms in total. The maximum Gasteiger partial charge on any atom is 0.414 e. The van der Waals surface area contributed by atoms with E-state index in [0.717, 1.165) is 12.1 Å². The highest BCUT2D eigenvalue weighted by Crippen LogP contribution is 2.20. The van der Waals surface area contributed by atoms with Gasteiger partial charge < -0.3 is 15.1 Å². The monoisotopic (exact) mass is 483 g/mol. The standard InChI is InChI=1S/C17H16FN3O5S.C2H2O4/c18-14-4-6-16(7-5-14)27(25,26)20-10-8-19(9-11-20)17(22)13-2-1-3-15(12-13)21(23)24;3-1(4)2(5)6/h1-7,12H,8-11H2;(H,3,4)(H,5,6). The smallest absolute Gasteiger partial charge is 0.414 e. The fourth-order valence-electron chi connectivity index (χ4n) is 2.82. The second kappa shape index (κ2) is 10.6. The molecule has 1 fully saturated rings. The van der Waals surface area contributed by atoms with Gasteiger partial charge in [0.25, 0.3) is 11.6 Å². The van der Waals surface area contributed by atoms with Gasteiger partial charge in [-0.1, -0.05) is 6.07 Å². The molecule has 0 unspecified atom stereocenters. The third-order valence-electron chi connectivity index (χ3n) is 4.46. The molecule has 2 aromatic rings. The number of piperazine rings is 1. The summed E-state index contributed by atoms with van der Waals surface area (Å²) >= 11 is 0. The first-order valence-corrected chi connectivity index (χ1v) is 10.6. The lowest BCUT2D eigenvalue weighted by molar-refractivity contribution is -0.384. The number of halogens is 1. The number of rotatable bonds is 4. The molecule has 1 aliphatic rings. The lowest BCUT2D eigenvalue weighted by Crippen LogP contribution is -2.50. The molecule has 0 atom stereocenters. The third-order valence-corrected chi connectivity index (χ3v) is 6.38. The number of sulfonamides is 1. The Morgan fingerprint density at radius 1 is 0.939 bits per heavy atom. The second-order valence-corrected chi connectivity index (χ2v) is 8.51. The first-order chi connectivity index (χ1) is 15.4. The Morgan fingerprint density at radius 3 is 1.97 bits per heavy atom. The molecule has 0 bridgehead atoms. The molecular formula is C19H18FN3O9S. The Morgan fingerprint density at radius 2 is 1.48 bits per heavy atom. The van der Waals surface area contributed by atoms with Crippen molar-refractivity contribution in [2.75, 3.05) is 26.2 Å². The van der Waals surface area contributed by atoms with Gasteiger partial charge in [0.2, 0.25) is 10.0 Å². The number of carboxylic acid groups (broad SMARTS) is 2. The van der Waals surface area contributed by atoms with Gasteiger partial charge in [-0.3, -0.25) is 14.9 Å². The fraction of sp³-hybridized carbons (Fsp3) is 0.211. The maximum absolute atomic E-state index is 13.0. The number of nitro benzene ring substituents is 1. The Kier molecular flexibility index (Phi) is 8.15. The van der Waals surface area contributed by atoms with Gasteiger partial charge in [0.1, 0.15) is 5.82 Å². The summed E-state index contributed by atoms with van der Waals surface area (Å²) in [5, 5.41) is 25.6. The maximum atomic E-state index is 13.0. The highest BCUT2D eigenvalue weighted by atomic mass is 32.2. The molecule has 3 rings (SSSR count). The van der Waals surface area contributed by atoms with Gasteiger partial charge in [0, 0.05) is 43.9 Å². The van der Waals surface area contributed by atoms with Crippen molar-refractivity contribution < 1.29 is 42.3 Å². The molecule has 2 aromatic carbocycles. The Balaban J connectivity index is 0.000000569. The minimum absolute atomic E-state index is 0.0117. The van der Waals surface area contributed by atoms with E-state index in [9.17, 15) is 27.7 Å². The van der Waals surface area contributed by atoms with Crippen LogP contribution in [0.3, 0.4) is 0 Å². The van der Waals surface area contributed by atoms with Gasteiger partial charge in [-0.25, -0.2) is 22.4 Å². The summed E-state index contributed by atoms with van der Waals surface area (Å²) in [6.07, 6.45) is 0. The molecule has 0 saturated carbocycles. The van der Waals surface area contributed by atoms with Crippen LogP contribution in [0.5, 0.6) is 0 Å². The number of aliphatic carboxylic acids is 2. The molecule has 0 spiro atoms. The minimum atomic E-state index is -3.77. The molecule has 1 aliphatic heterocycles. The van der Waals surface area contributed by atoms with Crippen molar-refractivity contribution in [3.63, 3.8) is 0 Å². The van der Waals surface area contributed by atoms with Gasteiger partial charge in [-0.05, 0) is 30.3 Å². The van der Waals surface area contributed by atoms with Crippen molar-refractivity contribution in [3.05, 3.63) is 70.0 Å². The molecular weight excluding hydrogens is 465 g/mol. The highest BCUT2D eigenvalue weighted by Gasteiger charge is 2.30. The summed E-state index contributed by atoms with van der Waals surface area (Å²) in [4.78, 5) is 42.4. The van der Waals surface area contributed by atoms with E-state index >= 15 is 0 Å². The van der Waals surface area contributed by atoms with E-state index in [4.69, 9.17) is 19.8 Å². The van der Waals surface area contributed by atoms with E-state index < -0.39 is 38.6 Å². The summed E-state index contributed by atoms with van der Waals surface area (Å²) in [5.74, 6) is -4.57. The van der Waals surface area contributed by atoms with Crippen LogP contribution in [0.2, 0.25) is 0 Å². The van der Waals surface area contributed by atoms with Crippen LogP contribution >= 0.6 is 0 Å². The third kappa shape index (κ3) is 6.54. The lowest BCUT2D eigenvalue weighted by atomic mass is 10.1. The van der Waals surface area contributed by atoms with Crippen molar-refractivity contribution in [3.8, 4) is 0 Å². The zero-order valence-electron chi connectivity index (χ0n) is 16.8. The van der Waals surface area contributed by atoms with Crippen LogP contribution in [0.15, 0.2) is 53.4 Å². The van der Waals surface area contributed by atoms with E-state index in [1.807, 2.05) is 0 Å². The first kappa shape index (κ1) is 25.4. The summed E-state index contributed by atoms with van der Waals surface area (Å²) in [5.41, 5.74) is -0.00239. The number of carbonyl (C=O) groups is 3. The average Bonchev–Trinajstić information content (AvgIpc) is 2.79. The van der Waals surface area contributed by atoms with Crippen LogP contribution < -0.4 is 0 Å². The van der Waals surface area contributed by atoms with Gasteiger partial charge in [0.05, 0.1) is 9.82 Å². The fourth-order valence-corrected chi connectivity index (χ4v) is 4.24. The summed E-state index contributed by atoms with van der Waals surface area (Å²) < 4.78 is 39.4. The van der Waals surface area contributed by atoms with E-state index in [1.165, 1.54) is 45.6 Å². The summed E-state index contributed by atoms with van der Waals surface area (Å²) in [7, 11) is -3.77. The normalized spacial score (nSPS) is 14.0. The Hall–Kier alpha value is -3.91. The van der Waals surface area contributed by atoms with Crippen molar-refractivity contribution in [1.82, 2.24) is 9.21 Å². The number of benzene rings is 2. The number of hydrogen-bond acceptors (Lipinski definition) is 7. The van der Waals surface area contributed by atoms with E-state index in [-0.39, 0.29) is 42.3 Å². The van der Waals surface area contributed by atoms with Crippen LogP contribution in [-0.2, 0) is 19.6 Å². The molecule has 1 heterocycles.